The van der Waals surface area contributed by atoms with Crippen LogP contribution in [0.15, 0.2) is 36.7 Å². The summed E-state index contributed by atoms with van der Waals surface area (Å²) in [4.78, 5) is 4.11. The summed E-state index contributed by atoms with van der Waals surface area (Å²) in [5.41, 5.74) is 3.69. The quantitative estimate of drug-likeness (QED) is 0.465. The van der Waals surface area contributed by atoms with E-state index >= 15 is 0 Å². The lowest BCUT2D eigenvalue weighted by Gasteiger charge is -2.18. The Hall–Kier alpha value is -1.63. The fourth-order valence-electron chi connectivity index (χ4n) is 2.14. The monoisotopic (exact) mass is 281 g/mol. The molecule has 1 aromatic heterocycles. The van der Waals surface area contributed by atoms with Gasteiger partial charge in [0.05, 0.1) is 0 Å². The summed E-state index contributed by atoms with van der Waals surface area (Å²) >= 11 is 0. The van der Waals surface area contributed by atoms with Crippen LogP contribution in [0, 0.1) is 0 Å². The van der Waals surface area contributed by atoms with Crippen molar-refractivity contribution in [1.29, 1.82) is 0 Å². The molecule has 6 heteroatoms. The second-order valence-electron chi connectivity index (χ2n) is 4.42. The van der Waals surface area contributed by atoms with E-state index in [-0.39, 0.29) is 12.6 Å². The van der Waals surface area contributed by atoms with Gasteiger partial charge in [0.1, 0.15) is 6.61 Å². The molecule has 0 saturated heterocycles. The summed E-state index contributed by atoms with van der Waals surface area (Å²) in [6.07, 6.45) is 1.57. The number of hydrogen-bond acceptors (Lipinski definition) is 4. The van der Waals surface area contributed by atoms with Gasteiger partial charge < -0.3 is 4.74 Å². The van der Waals surface area contributed by atoms with E-state index in [0.29, 0.717) is 6.42 Å². The molecule has 0 radical (unpaired) electrons. The Kier molecular flexibility index (Phi) is 5.34. The molecule has 1 aromatic carbocycles. The van der Waals surface area contributed by atoms with Gasteiger partial charge in [0, 0.05) is 30.4 Å². The number of rotatable bonds is 7. The summed E-state index contributed by atoms with van der Waals surface area (Å²) < 4.78 is 28.9. The third-order valence-electron chi connectivity index (χ3n) is 3.09. The molecule has 3 N–H and O–H groups in total. The molecule has 1 heterocycles. The van der Waals surface area contributed by atoms with E-state index < -0.39 is 13.0 Å². The van der Waals surface area contributed by atoms with Crippen LogP contribution in [0.2, 0.25) is 0 Å². The number of alkyl halides is 2. The molecule has 0 aliphatic heterocycles. The van der Waals surface area contributed by atoms with Crippen LogP contribution in [-0.2, 0) is 4.74 Å². The first-order valence-corrected chi connectivity index (χ1v) is 6.37. The number of nitrogens with one attached hydrogen (secondary N) is 1. The fraction of sp³-hybridized carbons (Fsp3) is 0.357. The summed E-state index contributed by atoms with van der Waals surface area (Å²) in [6, 6.07) is 7.62. The molecule has 0 bridgehead atoms. The van der Waals surface area contributed by atoms with Crippen molar-refractivity contribution in [2.75, 3.05) is 13.2 Å². The predicted octanol–water partition coefficient (Wildman–Crippen LogP) is 2.41. The average molecular weight is 281 g/mol. The lowest BCUT2D eigenvalue weighted by Crippen LogP contribution is -2.29. The number of ether oxygens (including phenoxy) is 1. The standard InChI is InChI=1S/C14H17F2N3O/c15-14(16)9-20-7-5-13(19-17)11-3-1-2-10-4-6-18-8-12(10)11/h1-4,6,8,13-14,19H,5,7,9,17H2. The first-order valence-electron chi connectivity index (χ1n) is 6.37. The molecule has 0 fully saturated rings. The zero-order valence-corrected chi connectivity index (χ0v) is 10.9. The highest BCUT2D eigenvalue weighted by atomic mass is 19.3. The first kappa shape index (κ1) is 14.8. The highest BCUT2D eigenvalue weighted by molar-refractivity contribution is 5.85. The summed E-state index contributed by atoms with van der Waals surface area (Å²) in [7, 11) is 0. The van der Waals surface area contributed by atoms with E-state index in [9.17, 15) is 8.78 Å². The van der Waals surface area contributed by atoms with Crippen LogP contribution in [-0.4, -0.2) is 24.6 Å². The Labute approximate surface area is 115 Å². The van der Waals surface area contributed by atoms with Crippen LogP contribution in [0.1, 0.15) is 18.0 Å². The Bertz CT molecular complexity index is 545. The Morgan fingerprint density at radius 2 is 2.15 bits per heavy atom. The molecule has 0 aliphatic carbocycles. The zero-order chi connectivity index (χ0) is 14.4. The number of fused-ring (bicyclic) bond motifs is 1. The SMILES string of the molecule is NNC(CCOCC(F)F)c1cccc2ccncc12. The molecule has 2 aromatic rings. The number of hydrogen-bond donors (Lipinski definition) is 2. The Morgan fingerprint density at radius 1 is 1.30 bits per heavy atom. The van der Waals surface area contributed by atoms with Crippen molar-refractivity contribution in [2.45, 2.75) is 18.9 Å². The lowest BCUT2D eigenvalue weighted by molar-refractivity contribution is 0.0144. The average Bonchev–Trinajstić information content (AvgIpc) is 2.47. The molecule has 108 valence electrons. The van der Waals surface area contributed by atoms with E-state index in [4.69, 9.17) is 10.6 Å². The van der Waals surface area contributed by atoms with Gasteiger partial charge in [0.2, 0.25) is 0 Å². The lowest BCUT2D eigenvalue weighted by atomic mass is 9.99. The van der Waals surface area contributed by atoms with Crippen molar-refractivity contribution in [2.24, 2.45) is 5.84 Å². The third kappa shape index (κ3) is 3.69. The van der Waals surface area contributed by atoms with Crippen LogP contribution >= 0.6 is 0 Å². The van der Waals surface area contributed by atoms with Gasteiger partial charge in [-0.15, -0.1) is 0 Å². The van der Waals surface area contributed by atoms with Crippen molar-refractivity contribution in [3.63, 3.8) is 0 Å². The molecule has 0 saturated carbocycles. The Balaban J connectivity index is 2.09. The molecule has 4 nitrogen and oxygen atoms in total. The van der Waals surface area contributed by atoms with Crippen LogP contribution in [0.25, 0.3) is 10.8 Å². The van der Waals surface area contributed by atoms with Crippen molar-refractivity contribution >= 4 is 10.8 Å². The van der Waals surface area contributed by atoms with E-state index in [0.717, 1.165) is 16.3 Å². The maximum Gasteiger partial charge on any atom is 0.261 e. The number of pyridine rings is 1. The van der Waals surface area contributed by atoms with E-state index in [1.807, 2.05) is 24.3 Å². The van der Waals surface area contributed by atoms with Gasteiger partial charge in [0.15, 0.2) is 0 Å². The highest BCUT2D eigenvalue weighted by Crippen LogP contribution is 2.25. The van der Waals surface area contributed by atoms with E-state index in [1.54, 1.807) is 12.4 Å². The van der Waals surface area contributed by atoms with Gasteiger partial charge in [-0.2, -0.15) is 0 Å². The van der Waals surface area contributed by atoms with Gasteiger partial charge in [-0.25, -0.2) is 8.78 Å². The smallest absolute Gasteiger partial charge is 0.261 e. The molecular weight excluding hydrogens is 264 g/mol. The number of halogens is 2. The fourth-order valence-corrected chi connectivity index (χ4v) is 2.14. The van der Waals surface area contributed by atoms with Gasteiger partial charge >= 0.3 is 0 Å². The number of aromatic nitrogens is 1. The second kappa shape index (κ2) is 7.23. The highest BCUT2D eigenvalue weighted by Gasteiger charge is 2.13. The molecule has 1 unspecified atom stereocenters. The number of nitrogens with zero attached hydrogens (tertiary/aromatic N) is 1. The largest absolute Gasteiger partial charge is 0.375 e. The normalized spacial score (nSPS) is 13.0. The summed E-state index contributed by atoms with van der Waals surface area (Å²) in [5, 5.41) is 2.05. The van der Waals surface area contributed by atoms with E-state index in [1.165, 1.54) is 0 Å². The van der Waals surface area contributed by atoms with Crippen LogP contribution < -0.4 is 11.3 Å². The van der Waals surface area contributed by atoms with Gasteiger partial charge in [-0.3, -0.25) is 16.3 Å². The van der Waals surface area contributed by atoms with Gasteiger partial charge in [-0.1, -0.05) is 18.2 Å². The van der Waals surface area contributed by atoms with Crippen molar-refractivity contribution in [3.8, 4) is 0 Å². The summed E-state index contributed by atoms with van der Waals surface area (Å²) in [5.74, 6) is 5.56. The van der Waals surface area contributed by atoms with Gasteiger partial charge in [-0.05, 0) is 23.4 Å². The minimum absolute atomic E-state index is 0.166. The van der Waals surface area contributed by atoms with Crippen LogP contribution in [0.5, 0.6) is 0 Å². The second-order valence-corrected chi connectivity index (χ2v) is 4.42. The predicted molar refractivity (Wildman–Crippen MR) is 73.2 cm³/mol. The zero-order valence-electron chi connectivity index (χ0n) is 10.9. The molecule has 0 spiro atoms. The molecule has 2 rings (SSSR count). The summed E-state index contributed by atoms with van der Waals surface area (Å²) in [6.45, 7) is -0.329. The molecule has 0 aliphatic rings. The topological polar surface area (TPSA) is 60.2 Å². The van der Waals surface area contributed by atoms with Gasteiger partial charge in [0.25, 0.3) is 6.43 Å². The molecule has 1 atom stereocenters. The van der Waals surface area contributed by atoms with E-state index in [2.05, 4.69) is 10.4 Å². The number of nitrogens with two attached hydrogens (primary N) is 1. The third-order valence-corrected chi connectivity index (χ3v) is 3.09. The van der Waals surface area contributed by atoms with Crippen molar-refractivity contribution in [3.05, 3.63) is 42.2 Å². The number of hydrazine groups is 1. The maximum atomic E-state index is 12.0. The van der Waals surface area contributed by atoms with Crippen molar-refractivity contribution in [1.82, 2.24) is 10.4 Å². The van der Waals surface area contributed by atoms with Crippen molar-refractivity contribution < 1.29 is 13.5 Å². The maximum absolute atomic E-state index is 12.0. The molecule has 0 amide bonds. The molecular formula is C14H17F2N3O. The number of benzene rings is 1. The van der Waals surface area contributed by atoms with Crippen LogP contribution in [0.3, 0.4) is 0 Å². The first-order chi connectivity index (χ1) is 9.72. The Morgan fingerprint density at radius 3 is 2.90 bits per heavy atom. The minimum atomic E-state index is -2.44. The molecule has 20 heavy (non-hydrogen) atoms. The minimum Gasteiger partial charge on any atom is -0.375 e. The van der Waals surface area contributed by atoms with Crippen LogP contribution in [0.4, 0.5) is 8.78 Å².